The van der Waals surface area contributed by atoms with Crippen molar-refractivity contribution in [2.24, 2.45) is 0 Å². The molecule has 3 aromatic rings. The molecule has 1 atom stereocenters. The van der Waals surface area contributed by atoms with Gasteiger partial charge in [-0.25, -0.2) is 14.4 Å². The zero-order chi connectivity index (χ0) is 22.7. The fraction of sp³-hybridized carbons (Fsp3) is 0.280. The van der Waals surface area contributed by atoms with E-state index in [4.69, 9.17) is 0 Å². The van der Waals surface area contributed by atoms with Crippen LogP contribution in [0.2, 0.25) is 0 Å². The number of anilines is 1. The van der Waals surface area contributed by atoms with Crippen molar-refractivity contribution in [3.05, 3.63) is 88.8 Å². The summed E-state index contributed by atoms with van der Waals surface area (Å²) in [5.41, 5.74) is 3.02. The Morgan fingerprint density at radius 1 is 1.03 bits per heavy atom. The molecule has 4 rings (SSSR count). The number of aryl methyl sites for hydroxylation is 2. The second-order valence-corrected chi connectivity index (χ2v) is 8.04. The molecular weight excluding hydrogens is 407 g/mol. The number of halogens is 1. The molecular formula is C25H25FN4O2. The summed E-state index contributed by atoms with van der Waals surface area (Å²) >= 11 is 0. The maximum Gasteiger partial charge on any atom is 0.253 e. The van der Waals surface area contributed by atoms with Crippen LogP contribution in [0.5, 0.6) is 0 Å². The number of amides is 2. The zero-order valence-corrected chi connectivity index (χ0v) is 18.1. The lowest BCUT2D eigenvalue weighted by Gasteiger charge is -2.17. The van der Waals surface area contributed by atoms with E-state index in [1.54, 1.807) is 12.1 Å². The predicted octanol–water partition coefficient (Wildman–Crippen LogP) is 4.04. The van der Waals surface area contributed by atoms with E-state index < -0.39 is 5.82 Å². The first-order valence-corrected chi connectivity index (χ1v) is 10.6. The molecule has 2 heterocycles. The molecule has 0 unspecified atom stereocenters. The van der Waals surface area contributed by atoms with Crippen molar-refractivity contribution in [1.82, 2.24) is 14.9 Å². The lowest BCUT2D eigenvalue weighted by molar-refractivity contribution is -0.115. The number of carbonyl (C=O) groups is 2. The van der Waals surface area contributed by atoms with Crippen molar-refractivity contribution in [1.29, 1.82) is 0 Å². The van der Waals surface area contributed by atoms with Gasteiger partial charge in [0.1, 0.15) is 11.6 Å². The van der Waals surface area contributed by atoms with E-state index in [-0.39, 0.29) is 29.8 Å². The van der Waals surface area contributed by atoms with Gasteiger partial charge in [-0.15, -0.1) is 0 Å². The van der Waals surface area contributed by atoms with E-state index in [9.17, 15) is 14.0 Å². The molecule has 1 saturated heterocycles. The summed E-state index contributed by atoms with van der Waals surface area (Å²) in [6.07, 6.45) is 0.861. The summed E-state index contributed by atoms with van der Waals surface area (Å²) < 4.78 is 13.8. The Kier molecular flexibility index (Phi) is 6.25. The fourth-order valence-electron chi connectivity index (χ4n) is 4.04. The molecule has 6 nitrogen and oxygen atoms in total. The lowest BCUT2D eigenvalue weighted by Crippen LogP contribution is -2.28. The van der Waals surface area contributed by atoms with Gasteiger partial charge in [-0.1, -0.05) is 30.3 Å². The topological polar surface area (TPSA) is 75.2 Å². The normalized spacial score (nSPS) is 15.6. The van der Waals surface area contributed by atoms with Crippen LogP contribution in [0.1, 0.15) is 45.5 Å². The number of carbonyl (C=O) groups excluding carboxylic acids is 2. The van der Waals surface area contributed by atoms with Crippen LogP contribution >= 0.6 is 0 Å². The maximum atomic E-state index is 13.8. The number of nitrogens with zero attached hydrogens (tertiary/aromatic N) is 3. The van der Waals surface area contributed by atoms with Crippen molar-refractivity contribution in [2.45, 2.75) is 32.6 Å². The highest BCUT2D eigenvalue weighted by molar-refractivity contribution is 5.94. The Balaban J connectivity index is 1.44. The molecule has 7 heteroatoms. The molecule has 1 fully saturated rings. The van der Waals surface area contributed by atoms with Crippen LogP contribution in [0.4, 0.5) is 10.1 Å². The first-order valence-electron chi connectivity index (χ1n) is 10.6. The van der Waals surface area contributed by atoms with Gasteiger partial charge in [0.25, 0.3) is 5.91 Å². The van der Waals surface area contributed by atoms with Gasteiger partial charge in [0.2, 0.25) is 5.91 Å². The minimum absolute atomic E-state index is 0.0166. The van der Waals surface area contributed by atoms with Crippen LogP contribution in [-0.4, -0.2) is 39.8 Å². The molecule has 1 aliphatic rings. The van der Waals surface area contributed by atoms with Crippen molar-refractivity contribution < 1.29 is 14.0 Å². The SMILES string of the molecule is Cc1nc([C@H]2CCN(C(=O)c3ccccc3)C2)nc(C)c1CC(=O)Nc1ccccc1F. The molecule has 0 bridgehead atoms. The quantitative estimate of drug-likeness (QED) is 0.660. The Morgan fingerprint density at radius 2 is 1.69 bits per heavy atom. The second kappa shape index (κ2) is 9.26. The van der Waals surface area contributed by atoms with Crippen molar-refractivity contribution >= 4 is 17.5 Å². The molecule has 0 saturated carbocycles. The number of hydrogen-bond acceptors (Lipinski definition) is 4. The molecule has 164 valence electrons. The highest BCUT2D eigenvalue weighted by Crippen LogP contribution is 2.27. The smallest absolute Gasteiger partial charge is 0.253 e. The monoisotopic (exact) mass is 432 g/mol. The second-order valence-electron chi connectivity index (χ2n) is 8.04. The number of aromatic nitrogens is 2. The van der Waals surface area contributed by atoms with Crippen LogP contribution in [0, 0.1) is 19.7 Å². The van der Waals surface area contributed by atoms with Gasteiger partial charge in [-0.05, 0) is 44.5 Å². The minimum atomic E-state index is -0.475. The third-order valence-corrected chi connectivity index (χ3v) is 5.78. The molecule has 2 amide bonds. The van der Waals surface area contributed by atoms with Crippen LogP contribution in [0.3, 0.4) is 0 Å². The van der Waals surface area contributed by atoms with E-state index in [1.807, 2.05) is 49.1 Å². The number of benzene rings is 2. The summed E-state index contributed by atoms with van der Waals surface area (Å²) in [6, 6.07) is 15.3. The van der Waals surface area contributed by atoms with Crippen LogP contribution in [-0.2, 0) is 11.2 Å². The molecule has 0 aliphatic carbocycles. The van der Waals surface area contributed by atoms with Crippen LogP contribution in [0.15, 0.2) is 54.6 Å². The highest BCUT2D eigenvalue weighted by atomic mass is 19.1. The predicted molar refractivity (Wildman–Crippen MR) is 120 cm³/mol. The van der Waals surface area contributed by atoms with Gasteiger partial charge in [0.15, 0.2) is 0 Å². The highest BCUT2D eigenvalue weighted by Gasteiger charge is 2.30. The zero-order valence-electron chi connectivity index (χ0n) is 18.1. The van der Waals surface area contributed by atoms with Crippen LogP contribution < -0.4 is 5.32 Å². The number of para-hydroxylation sites is 1. The third kappa shape index (κ3) is 4.66. The summed E-state index contributed by atoms with van der Waals surface area (Å²) in [5, 5.41) is 2.60. The average molecular weight is 432 g/mol. The average Bonchev–Trinajstić information content (AvgIpc) is 3.28. The molecule has 1 aromatic heterocycles. The number of nitrogens with one attached hydrogen (secondary N) is 1. The van der Waals surface area contributed by atoms with E-state index >= 15 is 0 Å². The van der Waals surface area contributed by atoms with E-state index in [0.29, 0.717) is 24.5 Å². The van der Waals surface area contributed by atoms with Gasteiger partial charge in [-0.3, -0.25) is 9.59 Å². The fourth-order valence-corrected chi connectivity index (χ4v) is 4.04. The Morgan fingerprint density at radius 3 is 2.38 bits per heavy atom. The number of rotatable bonds is 5. The van der Waals surface area contributed by atoms with Crippen molar-refractivity contribution in [3.63, 3.8) is 0 Å². The van der Waals surface area contributed by atoms with Gasteiger partial charge in [0, 0.05) is 41.5 Å². The Hall–Kier alpha value is -3.61. The van der Waals surface area contributed by atoms with E-state index in [2.05, 4.69) is 15.3 Å². The summed E-state index contributed by atoms with van der Waals surface area (Å²) in [5.74, 6) is -0.0270. The van der Waals surface area contributed by atoms with Crippen molar-refractivity contribution in [3.8, 4) is 0 Å². The van der Waals surface area contributed by atoms with Gasteiger partial charge in [0.05, 0.1) is 12.1 Å². The summed E-state index contributed by atoms with van der Waals surface area (Å²) in [6.45, 7) is 4.93. The maximum absolute atomic E-state index is 13.8. The van der Waals surface area contributed by atoms with Gasteiger partial charge < -0.3 is 10.2 Å². The number of hydrogen-bond donors (Lipinski definition) is 1. The minimum Gasteiger partial charge on any atom is -0.338 e. The van der Waals surface area contributed by atoms with Gasteiger partial charge in [-0.2, -0.15) is 0 Å². The van der Waals surface area contributed by atoms with E-state index in [0.717, 1.165) is 23.4 Å². The first kappa shape index (κ1) is 21.6. The molecule has 2 aromatic carbocycles. The van der Waals surface area contributed by atoms with Gasteiger partial charge >= 0.3 is 0 Å². The summed E-state index contributed by atoms with van der Waals surface area (Å²) in [4.78, 5) is 36.3. The molecule has 0 spiro atoms. The Labute approximate surface area is 186 Å². The first-order chi connectivity index (χ1) is 15.4. The summed E-state index contributed by atoms with van der Waals surface area (Å²) in [7, 11) is 0. The van der Waals surface area contributed by atoms with Crippen molar-refractivity contribution in [2.75, 3.05) is 18.4 Å². The largest absolute Gasteiger partial charge is 0.338 e. The standard InChI is InChI=1S/C25H25FN4O2/c1-16-20(14-23(31)29-22-11-7-6-10-21(22)26)17(2)28-24(27-16)19-12-13-30(15-19)25(32)18-8-4-3-5-9-18/h3-11,19H,12-15H2,1-2H3,(H,29,31)/t19-/m0/s1. The van der Waals surface area contributed by atoms with E-state index in [1.165, 1.54) is 12.1 Å². The third-order valence-electron chi connectivity index (χ3n) is 5.78. The lowest BCUT2D eigenvalue weighted by atomic mass is 10.0. The number of likely N-dealkylation sites (tertiary alicyclic amines) is 1. The molecule has 1 aliphatic heterocycles. The molecule has 32 heavy (non-hydrogen) atoms. The molecule has 1 N–H and O–H groups in total. The van der Waals surface area contributed by atoms with Crippen LogP contribution in [0.25, 0.3) is 0 Å². The molecule has 0 radical (unpaired) electrons. The Bertz CT molecular complexity index is 1130.